The summed E-state index contributed by atoms with van der Waals surface area (Å²) in [6.45, 7) is 5.76. The van der Waals surface area contributed by atoms with E-state index < -0.39 is 0 Å². The number of hydrogen-bond donors (Lipinski definition) is 1. The molecule has 2 N–H and O–H groups in total. The number of nitrogen functional groups attached to an aromatic ring is 1. The molecule has 19 heavy (non-hydrogen) atoms. The van der Waals surface area contributed by atoms with Gasteiger partial charge in [0.05, 0.1) is 10.2 Å². The van der Waals surface area contributed by atoms with Crippen molar-refractivity contribution in [1.82, 2.24) is 9.97 Å². The summed E-state index contributed by atoms with van der Waals surface area (Å²) in [5.74, 6) is 0.750. The third kappa shape index (κ3) is 2.76. The number of benzene rings is 1. The molecule has 0 amide bonds. The maximum Gasteiger partial charge on any atom is 0.161 e. The predicted molar refractivity (Wildman–Crippen MR) is 78.4 cm³/mol. The zero-order valence-corrected chi connectivity index (χ0v) is 12.6. The van der Waals surface area contributed by atoms with Crippen LogP contribution in [0.4, 0.5) is 10.2 Å². The zero-order valence-electron chi connectivity index (χ0n) is 11.0. The minimum absolute atomic E-state index is 0.203. The van der Waals surface area contributed by atoms with Gasteiger partial charge < -0.3 is 5.73 Å². The smallest absolute Gasteiger partial charge is 0.161 e. The van der Waals surface area contributed by atoms with Crippen LogP contribution in [-0.2, 0) is 0 Å². The van der Waals surface area contributed by atoms with E-state index in [0.717, 1.165) is 5.69 Å². The van der Waals surface area contributed by atoms with Crippen LogP contribution in [0.1, 0.15) is 31.0 Å². The first-order valence-electron chi connectivity index (χ1n) is 5.99. The predicted octanol–water partition coefficient (Wildman–Crippen LogP) is 4.06. The van der Waals surface area contributed by atoms with E-state index in [9.17, 15) is 4.39 Å². The Kier molecular flexibility index (Phi) is 3.85. The number of halogens is 2. The SMILES string of the molecule is Cc1ccc(-c2nc(N)c(Br)c(C(C)C)n2)cc1F. The highest BCUT2D eigenvalue weighted by Crippen LogP contribution is 2.30. The summed E-state index contributed by atoms with van der Waals surface area (Å²) in [5, 5.41) is 0. The Morgan fingerprint density at radius 2 is 1.95 bits per heavy atom. The van der Waals surface area contributed by atoms with Crippen molar-refractivity contribution >= 4 is 21.7 Å². The Balaban J connectivity index is 2.59. The summed E-state index contributed by atoms with van der Waals surface area (Å²) >= 11 is 3.39. The van der Waals surface area contributed by atoms with Gasteiger partial charge in [0.2, 0.25) is 0 Å². The van der Waals surface area contributed by atoms with E-state index in [4.69, 9.17) is 5.73 Å². The van der Waals surface area contributed by atoms with Crippen LogP contribution in [0, 0.1) is 12.7 Å². The molecule has 0 bridgehead atoms. The van der Waals surface area contributed by atoms with Crippen molar-refractivity contribution in [1.29, 1.82) is 0 Å². The summed E-state index contributed by atoms with van der Waals surface area (Å²) in [6.07, 6.45) is 0. The highest BCUT2D eigenvalue weighted by molar-refractivity contribution is 9.10. The van der Waals surface area contributed by atoms with Crippen LogP contribution in [0.3, 0.4) is 0 Å². The molecular formula is C14H15BrFN3. The monoisotopic (exact) mass is 323 g/mol. The van der Waals surface area contributed by atoms with Crippen molar-refractivity contribution in [3.63, 3.8) is 0 Å². The van der Waals surface area contributed by atoms with Gasteiger partial charge in [0, 0.05) is 5.56 Å². The third-order valence-electron chi connectivity index (χ3n) is 2.88. The van der Waals surface area contributed by atoms with E-state index in [1.165, 1.54) is 6.07 Å². The summed E-state index contributed by atoms with van der Waals surface area (Å²) < 4.78 is 14.3. The Morgan fingerprint density at radius 1 is 1.26 bits per heavy atom. The minimum atomic E-state index is -0.270. The molecule has 0 aliphatic carbocycles. The molecule has 1 aromatic carbocycles. The lowest BCUT2D eigenvalue weighted by Gasteiger charge is -2.11. The van der Waals surface area contributed by atoms with E-state index in [2.05, 4.69) is 25.9 Å². The number of nitrogens with zero attached hydrogens (tertiary/aromatic N) is 2. The van der Waals surface area contributed by atoms with Gasteiger partial charge in [-0.2, -0.15) is 0 Å². The Labute approximate surface area is 120 Å². The fourth-order valence-corrected chi connectivity index (χ4v) is 2.36. The summed E-state index contributed by atoms with van der Waals surface area (Å²) in [5.41, 5.74) is 7.92. The van der Waals surface area contributed by atoms with Gasteiger partial charge in [-0.15, -0.1) is 0 Å². The van der Waals surface area contributed by atoms with Crippen molar-refractivity contribution in [2.45, 2.75) is 26.7 Å². The van der Waals surface area contributed by atoms with Crippen LogP contribution in [0.25, 0.3) is 11.4 Å². The number of rotatable bonds is 2. The third-order valence-corrected chi connectivity index (χ3v) is 3.69. The fourth-order valence-electron chi connectivity index (χ4n) is 1.73. The molecule has 3 nitrogen and oxygen atoms in total. The van der Waals surface area contributed by atoms with E-state index in [1.54, 1.807) is 19.1 Å². The van der Waals surface area contributed by atoms with Crippen LogP contribution < -0.4 is 5.73 Å². The highest BCUT2D eigenvalue weighted by atomic mass is 79.9. The first-order valence-corrected chi connectivity index (χ1v) is 6.79. The molecule has 5 heteroatoms. The van der Waals surface area contributed by atoms with Gasteiger partial charge in [-0.05, 0) is 40.4 Å². The van der Waals surface area contributed by atoms with Gasteiger partial charge in [0.15, 0.2) is 5.82 Å². The Hall–Kier alpha value is -1.49. The number of aryl methyl sites for hydroxylation is 1. The fraction of sp³-hybridized carbons (Fsp3) is 0.286. The van der Waals surface area contributed by atoms with Gasteiger partial charge in [-0.3, -0.25) is 0 Å². The number of aromatic nitrogens is 2. The Bertz CT molecular complexity index is 626. The molecule has 0 fully saturated rings. The lowest BCUT2D eigenvalue weighted by Crippen LogP contribution is -2.04. The quantitative estimate of drug-likeness (QED) is 0.906. The molecule has 1 heterocycles. The standard InChI is InChI=1S/C14H15BrFN3/c1-7(2)12-11(15)13(17)19-14(18-12)9-5-4-8(3)10(16)6-9/h4-7H,1-3H3,(H2,17,18,19). The average molecular weight is 324 g/mol. The van der Waals surface area contributed by atoms with Crippen LogP contribution >= 0.6 is 15.9 Å². The van der Waals surface area contributed by atoms with E-state index in [0.29, 0.717) is 27.2 Å². The molecule has 0 radical (unpaired) electrons. The van der Waals surface area contributed by atoms with Gasteiger partial charge in [-0.1, -0.05) is 26.0 Å². The maximum atomic E-state index is 13.6. The van der Waals surface area contributed by atoms with Gasteiger partial charge >= 0.3 is 0 Å². The van der Waals surface area contributed by atoms with Crippen molar-refractivity contribution in [3.05, 3.63) is 39.7 Å². The first-order chi connectivity index (χ1) is 8.90. The molecule has 2 aromatic rings. The number of nitrogens with two attached hydrogens (primary N) is 1. The molecule has 1 aromatic heterocycles. The highest BCUT2D eigenvalue weighted by Gasteiger charge is 2.14. The molecule has 0 aliphatic heterocycles. The van der Waals surface area contributed by atoms with Gasteiger partial charge in [0.1, 0.15) is 11.6 Å². The normalized spacial score (nSPS) is 11.1. The van der Waals surface area contributed by atoms with Crippen molar-refractivity contribution in [2.24, 2.45) is 0 Å². The lowest BCUT2D eigenvalue weighted by atomic mass is 10.1. The van der Waals surface area contributed by atoms with Crippen LogP contribution in [0.15, 0.2) is 22.7 Å². The Morgan fingerprint density at radius 3 is 2.53 bits per heavy atom. The second kappa shape index (κ2) is 5.25. The molecule has 100 valence electrons. The summed E-state index contributed by atoms with van der Waals surface area (Å²) in [6, 6.07) is 4.94. The van der Waals surface area contributed by atoms with Crippen LogP contribution in [0.2, 0.25) is 0 Å². The lowest BCUT2D eigenvalue weighted by molar-refractivity contribution is 0.619. The topological polar surface area (TPSA) is 51.8 Å². The molecule has 0 unspecified atom stereocenters. The first kappa shape index (κ1) is 13.9. The molecule has 0 saturated heterocycles. The number of anilines is 1. The van der Waals surface area contributed by atoms with E-state index in [-0.39, 0.29) is 11.7 Å². The molecule has 0 atom stereocenters. The van der Waals surface area contributed by atoms with Crippen molar-refractivity contribution in [2.75, 3.05) is 5.73 Å². The van der Waals surface area contributed by atoms with Crippen LogP contribution in [-0.4, -0.2) is 9.97 Å². The van der Waals surface area contributed by atoms with E-state index in [1.807, 2.05) is 13.8 Å². The molecule has 0 aliphatic rings. The largest absolute Gasteiger partial charge is 0.383 e. The maximum absolute atomic E-state index is 13.6. The van der Waals surface area contributed by atoms with Gasteiger partial charge in [0.25, 0.3) is 0 Å². The zero-order chi connectivity index (χ0) is 14.2. The van der Waals surface area contributed by atoms with E-state index >= 15 is 0 Å². The van der Waals surface area contributed by atoms with Crippen LogP contribution in [0.5, 0.6) is 0 Å². The molecule has 2 rings (SSSR count). The molecule has 0 saturated carbocycles. The van der Waals surface area contributed by atoms with Gasteiger partial charge in [-0.25, -0.2) is 14.4 Å². The molecule has 0 spiro atoms. The second-order valence-corrected chi connectivity index (χ2v) is 5.54. The van der Waals surface area contributed by atoms with Crippen molar-refractivity contribution < 1.29 is 4.39 Å². The van der Waals surface area contributed by atoms with Crippen molar-refractivity contribution in [3.8, 4) is 11.4 Å². The second-order valence-electron chi connectivity index (χ2n) is 4.75. The summed E-state index contributed by atoms with van der Waals surface area (Å²) in [7, 11) is 0. The number of hydrogen-bond acceptors (Lipinski definition) is 3. The molecular weight excluding hydrogens is 309 g/mol. The average Bonchev–Trinajstić information content (AvgIpc) is 2.35. The summed E-state index contributed by atoms with van der Waals surface area (Å²) in [4.78, 5) is 8.68. The minimum Gasteiger partial charge on any atom is -0.383 e.